The van der Waals surface area contributed by atoms with Crippen LogP contribution < -0.4 is 5.32 Å². The van der Waals surface area contributed by atoms with Crippen molar-refractivity contribution in [1.29, 1.82) is 0 Å². The second-order valence-electron chi connectivity index (χ2n) is 2.36. The van der Waals surface area contributed by atoms with Crippen molar-refractivity contribution in [2.75, 3.05) is 5.32 Å². The van der Waals surface area contributed by atoms with E-state index in [4.69, 9.17) is 0 Å². The van der Waals surface area contributed by atoms with Gasteiger partial charge in [-0.1, -0.05) is 30.4 Å². The van der Waals surface area contributed by atoms with Crippen LogP contribution in [0.1, 0.15) is 5.56 Å². The van der Waals surface area contributed by atoms with E-state index in [0.29, 0.717) is 0 Å². The fraction of sp³-hybridized carbons (Fsp3) is 0. The van der Waals surface area contributed by atoms with Crippen LogP contribution in [0.2, 0.25) is 0 Å². The quantitative estimate of drug-likeness (QED) is 0.586. The van der Waals surface area contributed by atoms with Crippen molar-refractivity contribution in [2.24, 2.45) is 0 Å². The molecule has 1 heteroatoms. The average molecular weight is 142 g/mol. The van der Waals surface area contributed by atoms with Crippen LogP contribution >= 0.6 is 0 Å². The lowest BCUT2D eigenvalue weighted by atomic mass is 10.2. The Morgan fingerprint density at radius 3 is 3.27 bits per heavy atom. The smallest absolute Gasteiger partial charge is 0.0533 e. The molecule has 1 aromatic rings. The third-order valence-electron chi connectivity index (χ3n) is 1.60. The number of hydrogen-bond acceptors (Lipinski definition) is 1. The lowest BCUT2D eigenvalue weighted by Gasteiger charge is -2.01. The van der Waals surface area contributed by atoms with Gasteiger partial charge >= 0.3 is 0 Å². The highest BCUT2D eigenvalue weighted by atomic mass is 14.8. The van der Waals surface area contributed by atoms with E-state index in [-0.39, 0.29) is 0 Å². The van der Waals surface area contributed by atoms with Crippen LogP contribution in [0.15, 0.2) is 36.6 Å². The molecular weight excluding hydrogens is 134 g/mol. The molecule has 0 spiro atoms. The SMILES string of the molecule is [c]1cccc2c1NC=CC=C2. The van der Waals surface area contributed by atoms with E-state index < -0.39 is 0 Å². The van der Waals surface area contributed by atoms with Gasteiger partial charge in [-0.05, 0) is 11.6 Å². The summed E-state index contributed by atoms with van der Waals surface area (Å²) in [7, 11) is 0. The standard InChI is InChI=1S/C10H8N/c1-2-7-10-9(5-1)6-3-4-8-11-10/h1-6,8,11H. The fourth-order valence-corrected chi connectivity index (χ4v) is 1.06. The van der Waals surface area contributed by atoms with Crippen LogP contribution in [0.3, 0.4) is 0 Å². The summed E-state index contributed by atoms with van der Waals surface area (Å²) in [5.74, 6) is 0. The minimum absolute atomic E-state index is 1.04. The van der Waals surface area contributed by atoms with Crippen LogP contribution in [0, 0.1) is 6.07 Å². The van der Waals surface area contributed by atoms with Crippen molar-refractivity contribution in [3.8, 4) is 0 Å². The van der Waals surface area contributed by atoms with E-state index in [1.165, 1.54) is 5.56 Å². The Labute approximate surface area is 66.1 Å². The Bertz CT molecular complexity index is 310. The zero-order valence-electron chi connectivity index (χ0n) is 6.04. The Morgan fingerprint density at radius 2 is 2.27 bits per heavy atom. The summed E-state index contributed by atoms with van der Waals surface area (Å²) < 4.78 is 0. The summed E-state index contributed by atoms with van der Waals surface area (Å²) in [5, 5.41) is 3.13. The van der Waals surface area contributed by atoms with Crippen molar-refractivity contribution in [2.45, 2.75) is 0 Å². The van der Waals surface area contributed by atoms with Crippen molar-refractivity contribution in [3.05, 3.63) is 48.2 Å². The lowest BCUT2D eigenvalue weighted by Crippen LogP contribution is -1.87. The number of hydrogen-bond donors (Lipinski definition) is 1. The molecule has 11 heavy (non-hydrogen) atoms. The molecule has 1 nitrogen and oxygen atoms in total. The third kappa shape index (κ3) is 1.17. The van der Waals surface area contributed by atoms with Crippen molar-refractivity contribution < 1.29 is 0 Å². The molecular formula is C10H8N. The molecule has 0 aliphatic carbocycles. The van der Waals surface area contributed by atoms with Gasteiger partial charge in [0.15, 0.2) is 0 Å². The number of benzene rings is 1. The first-order valence-corrected chi connectivity index (χ1v) is 3.57. The molecule has 0 bridgehead atoms. The Hall–Kier alpha value is -1.50. The van der Waals surface area contributed by atoms with Crippen LogP contribution in [0.25, 0.3) is 6.08 Å². The number of nitrogens with one attached hydrogen (secondary N) is 1. The zero-order chi connectivity index (χ0) is 7.52. The van der Waals surface area contributed by atoms with Gasteiger partial charge in [0.05, 0.1) is 5.69 Å². The molecule has 53 valence electrons. The van der Waals surface area contributed by atoms with E-state index in [1.54, 1.807) is 0 Å². The van der Waals surface area contributed by atoms with E-state index in [2.05, 4.69) is 23.5 Å². The van der Waals surface area contributed by atoms with E-state index in [1.807, 2.05) is 30.5 Å². The molecule has 0 aromatic heterocycles. The van der Waals surface area contributed by atoms with Gasteiger partial charge in [0, 0.05) is 12.3 Å². The highest BCUT2D eigenvalue weighted by Gasteiger charge is 1.96. The minimum Gasteiger partial charge on any atom is -0.361 e. The maximum absolute atomic E-state index is 3.13. The van der Waals surface area contributed by atoms with E-state index in [0.717, 1.165) is 5.69 Å². The van der Waals surface area contributed by atoms with Crippen molar-refractivity contribution in [3.63, 3.8) is 0 Å². The van der Waals surface area contributed by atoms with E-state index in [9.17, 15) is 0 Å². The molecule has 1 heterocycles. The summed E-state index contributed by atoms with van der Waals surface area (Å²) in [6.45, 7) is 0. The van der Waals surface area contributed by atoms with Crippen LogP contribution in [-0.4, -0.2) is 0 Å². The summed E-state index contributed by atoms with van der Waals surface area (Å²) in [4.78, 5) is 0. The van der Waals surface area contributed by atoms with Crippen molar-refractivity contribution >= 4 is 11.8 Å². The fourth-order valence-electron chi connectivity index (χ4n) is 1.06. The summed E-state index contributed by atoms with van der Waals surface area (Å²) in [6, 6.07) is 9.06. The lowest BCUT2D eigenvalue weighted by molar-refractivity contribution is 1.56. The summed E-state index contributed by atoms with van der Waals surface area (Å²) in [5.41, 5.74) is 2.22. The van der Waals surface area contributed by atoms with Gasteiger partial charge in [0.1, 0.15) is 0 Å². The number of anilines is 1. The first kappa shape index (κ1) is 6.23. The Morgan fingerprint density at radius 1 is 1.27 bits per heavy atom. The maximum Gasteiger partial charge on any atom is 0.0533 e. The molecule has 0 unspecified atom stereocenters. The summed E-state index contributed by atoms with van der Waals surface area (Å²) in [6.07, 6.45) is 7.93. The minimum atomic E-state index is 1.04. The molecule has 0 saturated carbocycles. The van der Waals surface area contributed by atoms with Gasteiger partial charge in [0.25, 0.3) is 0 Å². The predicted octanol–water partition coefficient (Wildman–Crippen LogP) is 2.44. The van der Waals surface area contributed by atoms with Gasteiger partial charge < -0.3 is 5.32 Å². The largest absolute Gasteiger partial charge is 0.361 e. The van der Waals surface area contributed by atoms with Gasteiger partial charge in [-0.15, -0.1) is 0 Å². The highest BCUT2D eigenvalue weighted by molar-refractivity contribution is 5.69. The first-order valence-electron chi connectivity index (χ1n) is 3.57. The number of fused-ring (bicyclic) bond motifs is 1. The van der Waals surface area contributed by atoms with Crippen LogP contribution in [0.4, 0.5) is 5.69 Å². The molecule has 1 radical (unpaired) electrons. The number of allylic oxidation sites excluding steroid dienone is 2. The monoisotopic (exact) mass is 142 g/mol. The normalized spacial score (nSPS) is 13.5. The van der Waals surface area contributed by atoms with E-state index >= 15 is 0 Å². The Balaban J connectivity index is 2.52. The molecule has 2 rings (SSSR count). The molecule has 0 atom stereocenters. The molecule has 1 aliphatic heterocycles. The molecule has 1 N–H and O–H groups in total. The molecule has 0 fully saturated rings. The summed E-state index contributed by atoms with van der Waals surface area (Å²) >= 11 is 0. The van der Waals surface area contributed by atoms with Gasteiger partial charge in [0.2, 0.25) is 0 Å². The van der Waals surface area contributed by atoms with Crippen LogP contribution in [0.5, 0.6) is 0 Å². The van der Waals surface area contributed by atoms with Gasteiger partial charge in [-0.2, -0.15) is 0 Å². The first-order chi connectivity index (χ1) is 5.47. The molecule has 1 aromatic carbocycles. The Kier molecular flexibility index (Phi) is 1.48. The molecule has 0 amide bonds. The highest BCUT2D eigenvalue weighted by Crippen LogP contribution is 2.17. The van der Waals surface area contributed by atoms with Crippen molar-refractivity contribution in [1.82, 2.24) is 0 Å². The number of rotatable bonds is 0. The topological polar surface area (TPSA) is 12.0 Å². The zero-order valence-corrected chi connectivity index (χ0v) is 6.04. The second-order valence-corrected chi connectivity index (χ2v) is 2.36. The van der Waals surface area contributed by atoms with Crippen LogP contribution in [-0.2, 0) is 0 Å². The predicted molar refractivity (Wildman–Crippen MR) is 47.1 cm³/mol. The third-order valence-corrected chi connectivity index (χ3v) is 1.60. The molecule has 0 saturated heterocycles. The maximum atomic E-state index is 3.13. The number of para-hydroxylation sites is 1. The average Bonchev–Trinajstić information content (AvgIpc) is 2.28. The van der Waals surface area contributed by atoms with Gasteiger partial charge in [-0.3, -0.25) is 0 Å². The molecule has 1 aliphatic rings. The second kappa shape index (κ2) is 2.62. The van der Waals surface area contributed by atoms with Gasteiger partial charge in [-0.25, -0.2) is 0 Å².